The summed E-state index contributed by atoms with van der Waals surface area (Å²) in [6.45, 7) is 0. The van der Waals surface area contributed by atoms with Gasteiger partial charge in [-0.05, 0) is 42.0 Å². The van der Waals surface area contributed by atoms with Crippen LogP contribution in [0.4, 0.5) is 0 Å². The highest BCUT2D eigenvalue weighted by Crippen LogP contribution is 2.37. The van der Waals surface area contributed by atoms with E-state index in [9.17, 15) is 14.7 Å². The third-order valence-electron chi connectivity index (χ3n) is 3.46. The van der Waals surface area contributed by atoms with Crippen LogP contribution in [0.5, 0.6) is 0 Å². The van der Waals surface area contributed by atoms with Crippen LogP contribution in [-0.4, -0.2) is 16.9 Å². The number of halogens is 2. The van der Waals surface area contributed by atoms with Gasteiger partial charge in [0, 0.05) is 15.1 Å². The first-order chi connectivity index (χ1) is 11.0. The molecule has 1 atom stereocenters. The molecule has 1 aliphatic heterocycles. The van der Waals surface area contributed by atoms with Crippen molar-refractivity contribution in [1.82, 2.24) is 0 Å². The van der Waals surface area contributed by atoms with Crippen molar-refractivity contribution < 1.29 is 19.4 Å². The van der Waals surface area contributed by atoms with Gasteiger partial charge in [-0.3, -0.25) is 4.79 Å². The first-order valence-corrected chi connectivity index (χ1v) is 7.84. The number of hydrogen-bond acceptors (Lipinski definition) is 4. The van der Waals surface area contributed by atoms with Crippen LogP contribution in [0.1, 0.15) is 17.2 Å². The maximum absolute atomic E-state index is 12.1. The molecular formula is C17H10BrClO4. The van der Waals surface area contributed by atoms with Gasteiger partial charge in [-0.2, -0.15) is 0 Å². The van der Waals surface area contributed by atoms with Crippen LogP contribution in [0.15, 0.2) is 58.6 Å². The number of ether oxygens (including phenoxy) is 1. The van der Waals surface area contributed by atoms with Gasteiger partial charge in [0.1, 0.15) is 5.76 Å². The lowest BCUT2D eigenvalue weighted by Crippen LogP contribution is -2.08. The number of rotatable bonds is 2. The van der Waals surface area contributed by atoms with E-state index in [2.05, 4.69) is 15.9 Å². The summed E-state index contributed by atoms with van der Waals surface area (Å²) in [7, 11) is 0. The third kappa shape index (κ3) is 3.02. The lowest BCUT2D eigenvalue weighted by Gasteiger charge is -2.12. The van der Waals surface area contributed by atoms with Crippen LogP contribution in [0, 0.1) is 0 Å². The van der Waals surface area contributed by atoms with Crippen molar-refractivity contribution in [2.24, 2.45) is 0 Å². The maximum Gasteiger partial charge on any atom is 0.380 e. The minimum Gasteiger partial charge on any atom is -0.507 e. The predicted molar refractivity (Wildman–Crippen MR) is 89.0 cm³/mol. The normalized spacial score (nSPS) is 19.7. The first kappa shape index (κ1) is 15.8. The summed E-state index contributed by atoms with van der Waals surface area (Å²) in [6.07, 6.45) is -0.932. The second-order valence-corrected chi connectivity index (χ2v) is 6.29. The van der Waals surface area contributed by atoms with Gasteiger partial charge in [-0.15, -0.1) is 0 Å². The number of hydrogen-bond donors (Lipinski definition) is 1. The van der Waals surface area contributed by atoms with Crippen molar-refractivity contribution in [1.29, 1.82) is 0 Å². The Balaban J connectivity index is 2.10. The van der Waals surface area contributed by atoms with E-state index in [1.54, 1.807) is 48.5 Å². The Labute approximate surface area is 145 Å². The van der Waals surface area contributed by atoms with Gasteiger partial charge in [0.2, 0.25) is 0 Å². The average molecular weight is 394 g/mol. The van der Waals surface area contributed by atoms with Crippen molar-refractivity contribution >= 4 is 45.0 Å². The minimum absolute atomic E-state index is 0.0698. The van der Waals surface area contributed by atoms with Gasteiger partial charge in [0.15, 0.2) is 6.10 Å². The van der Waals surface area contributed by atoms with E-state index in [1.165, 1.54) is 0 Å². The minimum atomic E-state index is -0.978. The fraction of sp³-hybridized carbons (Fsp3) is 0.0588. The number of carbonyl (C=O) groups is 2. The summed E-state index contributed by atoms with van der Waals surface area (Å²) < 4.78 is 5.98. The van der Waals surface area contributed by atoms with Crippen molar-refractivity contribution in [2.45, 2.75) is 6.10 Å². The summed E-state index contributed by atoms with van der Waals surface area (Å²) >= 11 is 9.14. The molecule has 0 spiro atoms. The molecule has 0 bridgehead atoms. The molecule has 1 aliphatic rings. The molecule has 23 heavy (non-hydrogen) atoms. The number of Topliss-reactive ketones (excluding diaryl/α,β-unsaturated/α-hetero) is 1. The van der Waals surface area contributed by atoms with Gasteiger partial charge in [-0.1, -0.05) is 39.7 Å². The Morgan fingerprint density at radius 1 is 1.04 bits per heavy atom. The van der Waals surface area contributed by atoms with Crippen molar-refractivity contribution in [3.8, 4) is 0 Å². The van der Waals surface area contributed by atoms with E-state index in [0.717, 1.165) is 4.47 Å². The highest BCUT2D eigenvalue weighted by molar-refractivity contribution is 9.10. The van der Waals surface area contributed by atoms with Crippen LogP contribution in [0.25, 0.3) is 5.76 Å². The molecular weight excluding hydrogens is 384 g/mol. The number of cyclic esters (lactones) is 1. The fourth-order valence-corrected chi connectivity index (χ4v) is 2.71. The number of aliphatic hydroxyl groups excluding tert-OH is 1. The lowest BCUT2D eigenvalue weighted by atomic mass is 9.97. The zero-order chi connectivity index (χ0) is 16.6. The smallest absolute Gasteiger partial charge is 0.380 e. The Morgan fingerprint density at radius 3 is 2.26 bits per heavy atom. The molecule has 116 valence electrons. The second kappa shape index (κ2) is 6.18. The summed E-state index contributed by atoms with van der Waals surface area (Å²) in [6, 6.07) is 13.3. The Hall–Kier alpha value is -2.11. The fourth-order valence-electron chi connectivity index (χ4n) is 2.32. The molecule has 1 N–H and O–H groups in total. The molecule has 0 radical (unpaired) electrons. The van der Waals surface area contributed by atoms with E-state index < -0.39 is 17.9 Å². The average Bonchev–Trinajstić information content (AvgIpc) is 2.84. The quantitative estimate of drug-likeness (QED) is 0.359. The Morgan fingerprint density at radius 2 is 1.65 bits per heavy atom. The van der Waals surface area contributed by atoms with Crippen molar-refractivity contribution in [3.05, 3.63) is 74.7 Å². The molecule has 4 nitrogen and oxygen atoms in total. The standard InChI is InChI=1S/C17H10BrClO4/c18-11-5-1-10(2-6-11)16-13(15(21)17(22)23-16)14(20)9-3-7-12(19)8-4-9/h1-8,16,20H. The second-order valence-electron chi connectivity index (χ2n) is 4.94. The first-order valence-electron chi connectivity index (χ1n) is 6.67. The van der Waals surface area contributed by atoms with E-state index in [0.29, 0.717) is 16.1 Å². The molecule has 2 aromatic rings. The summed E-state index contributed by atoms with van der Waals surface area (Å²) in [4.78, 5) is 23.8. The monoisotopic (exact) mass is 392 g/mol. The van der Waals surface area contributed by atoms with E-state index >= 15 is 0 Å². The summed E-state index contributed by atoms with van der Waals surface area (Å²) in [5.41, 5.74) is 0.917. The van der Waals surface area contributed by atoms with Gasteiger partial charge in [0.05, 0.1) is 5.57 Å². The number of carbonyl (C=O) groups excluding carboxylic acids is 2. The third-order valence-corrected chi connectivity index (χ3v) is 4.24. The van der Waals surface area contributed by atoms with Crippen LogP contribution in [-0.2, 0) is 14.3 Å². The Kier molecular flexibility index (Phi) is 4.24. The molecule has 0 amide bonds. The SMILES string of the molecule is O=C1OC(c2ccc(Br)cc2)C(=C(O)c2ccc(Cl)cc2)C1=O. The molecule has 2 aromatic carbocycles. The van der Waals surface area contributed by atoms with Crippen LogP contribution in [0.2, 0.25) is 5.02 Å². The van der Waals surface area contributed by atoms with Crippen LogP contribution < -0.4 is 0 Å². The number of benzene rings is 2. The van der Waals surface area contributed by atoms with Crippen LogP contribution in [0.3, 0.4) is 0 Å². The molecule has 6 heteroatoms. The Bertz CT molecular complexity index is 809. The van der Waals surface area contributed by atoms with Crippen LogP contribution >= 0.6 is 27.5 Å². The molecule has 0 saturated carbocycles. The van der Waals surface area contributed by atoms with E-state index in [-0.39, 0.29) is 11.3 Å². The molecule has 3 rings (SSSR count). The van der Waals surface area contributed by atoms with E-state index in [4.69, 9.17) is 16.3 Å². The molecule has 1 heterocycles. The van der Waals surface area contributed by atoms with Gasteiger partial charge < -0.3 is 9.84 Å². The molecule has 1 unspecified atom stereocenters. The zero-order valence-corrected chi connectivity index (χ0v) is 14.0. The summed E-state index contributed by atoms with van der Waals surface area (Å²) in [5, 5.41) is 11.0. The van der Waals surface area contributed by atoms with Crippen molar-refractivity contribution in [2.75, 3.05) is 0 Å². The predicted octanol–water partition coefficient (Wildman–Crippen LogP) is 4.24. The number of esters is 1. The lowest BCUT2D eigenvalue weighted by molar-refractivity contribution is -0.149. The highest BCUT2D eigenvalue weighted by atomic mass is 79.9. The van der Waals surface area contributed by atoms with Crippen molar-refractivity contribution in [3.63, 3.8) is 0 Å². The number of aliphatic hydroxyl groups is 1. The summed E-state index contributed by atoms with van der Waals surface area (Å²) in [5.74, 6) is -2.11. The molecule has 0 aromatic heterocycles. The van der Waals surface area contributed by atoms with Gasteiger partial charge in [0.25, 0.3) is 5.78 Å². The van der Waals surface area contributed by atoms with Gasteiger partial charge >= 0.3 is 5.97 Å². The largest absolute Gasteiger partial charge is 0.507 e. The zero-order valence-electron chi connectivity index (χ0n) is 11.6. The topological polar surface area (TPSA) is 63.6 Å². The van der Waals surface area contributed by atoms with E-state index in [1.807, 2.05) is 0 Å². The molecule has 1 fully saturated rings. The number of ketones is 1. The highest BCUT2D eigenvalue weighted by Gasteiger charge is 2.42. The maximum atomic E-state index is 12.1. The van der Waals surface area contributed by atoms with Gasteiger partial charge in [-0.25, -0.2) is 4.79 Å². The molecule has 1 saturated heterocycles. The molecule has 0 aliphatic carbocycles.